The van der Waals surface area contributed by atoms with E-state index in [1.807, 2.05) is 0 Å². The summed E-state index contributed by atoms with van der Waals surface area (Å²) >= 11 is 14.8. The van der Waals surface area contributed by atoms with Gasteiger partial charge < -0.3 is 10.6 Å². The van der Waals surface area contributed by atoms with Gasteiger partial charge in [-0.05, 0) is 46.3 Å². The average molecular weight is 378 g/mol. The summed E-state index contributed by atoms with van der Waals surface area (Å²) in [6.45, 7) is 0. The number of carbonyl (C=O) groups is 1. The van der Waals surface area contributed by atoms with Crippen LogP contribution >= 0.6 is 39.1 Å². The number of nitrogens with one attached hydrogen (secondary N) is 2. The molecule has 0 saturated carbocycles. The molecule has 0 spiro atoms. The van der Waals surface area contributed by atoms with E-state index >= 15 is 0 Å². The van der Waals surface area contributed by atoms with Gasteiger partial charge in [0.25, 0.3) is 0 Å². The quantitative estimate of drug-likeness (QED) is 0.708. The van der Waals surface area contributed by atoms with Crippen molar-refractivity contribution in [3.05, 3.63) is 56.7 Å². The van der Waals surface area contributed by atoms with Crippen molar-refractivity contribution in [2.24, 2.45) is 0 Å². The molecular weight excluding hydrogens is 370 g/mol. The van der Waals surface area contributed by atoms with Crippen molar-refractivity contribution >= 4 is 56.5 Å². The largest absolute Gasteiger partial charge is 0.323 e. The third-order valence-corrected chi connectivity index (χ3v) is 3.49. The Hall–Kier alpha value is -1.30. The Kier molecular flexibility index (Phi) is 4.86. The number of hydrogen-bond acceptors (Lipinski definition) is 1. The number of halogens is 4. The molecule has 0 atom stereocenters. The molecule has 0 radical (unpaired) electrons. The maximum absolute atomic E-state index is 13.1. The molecule has 20 heavy (non-hydrogen) atoms. The lowest BCUT2D eigenvalue weighted by Crippen LogP contribution is -2.20. The highest BCUT2D eigenvalue weighted by molar-refractivity contribution is 9.10. The Labute approximate surface area is 133 Å². The molecule has 2 aromatic carbocycles. The van der Waals surface area contributed by atoms with E-state index in [1.165, 1.54) is 6.07 Å². The molecule has 7 heteroatoms. The van der Waals surface area contributed by atoms with Crippen LogP contribution in [-0.4, -0.2) is 6.03 Å². The van der Waals surface area contributed by atoms with Gasteiger partial charge in [0, 0.05) is 15.2 Å². The molecule has 2 N–H and O–H groups in total. The number of anilines is 2. The Morgan fingerprint density at radius 1 is 1.15 bits per heavy atom. The summed E-state index contributed by atoms with van der Waals surface area (Å²) in [5, 5.41) is 5.73. The Morgan fingerprint density at radius 2 is 1.90 bits per heavy atom. The molecule has 3 nitrogen and oxygen atoms in total. The highest BCUT2D eigenvalue weighted by atomic mass is 79.9. The summed E-state index contributed by atoms with van der Waals surface area (Å²) in [5.41, 5.74) is 0.817. The molecular formula is C13H8BrCl2FN2O. The van der Waals surface area contributed by atoms with E-state index < -0.39 is 11.8 Å². The first-order valence-electron chi connectivity index (χ1n) is 5.44. The third kappa shape index (κ3) is 3.85. The van der Waals surface area contributed by atoms with E-state index in [4.69, 9.17) is 23.2 Å². The smallest absolute Gasteiger partial charge is 0.308 e. The molecule has 0 saturated heterocycles. The molecule has 0 aromatic heterocycles. The molecule has 0 aliphatic carbocycles. The standard InChI is InChI=1S/C13H8BrCl2FN2O/c14-10-5-8(17)6-11(16)12(10)19-13(20)18-9-3-1-2-7(15)4-9/h1-6H,(H2,18,19,20). The molecule has 0 fully saturated rings. The maximum atomic E-state index is 13.1. The van der Waals surface area contributed by atoms with Crippen LogP contribution in [0.3, 0.4) is 0 Å². The van der Waals surface area contributed by atoms with Crippen LogP contribution in [-0.2, 0) is 0 Å². The third-order valence-electron chi connectivity index (χ3n) is 2.33. The number of carbonyl (C=O) groups excluding carboxylic acids is 1. The van der Waals surface area contributed by atoms with Gasteiger partial charge in [0.1, 0.15) is 5.82 Å². The van der Waals surface area contributed by atoms with Gasteiger partial charge in [-0.25, -0.2) is 9.18 Å². The van der Waals surface area contributed by atoms with E-state index in [0.717, 1.165) is 6.07 Å². The zero-order valence-electron chi connectivity index (χ0n) is 9.88. The highest BCUT2D eigenvalue weighted by Gasteiger charge is 2.11. The van der Waals surface area contributed by atoms with E-state index in [0.29, 0.717) is 15.2 Å². The second-order valence-electron chi connectivity index (χ2n) is 3.83. The SMILES string of the molecule is O=C(Nc1cccc(Cl)c1)Nc1c(Cl)cc(F)cc1Br. The van der Waals surface area contributed by atoms with Gasteiger partial charge >= 0.3 is 6.03 Å². The summed E-state index contributed by atoms with van der Waals surface area (Å²) < 4.78 is 13.4. The molecule has 2 aromatic rings. The van der Waals surface area contributed by atoms with Gasteiger partial charge in [-0.3, -0.25) is 0 Å². The lowest BCUT2D eigenvalue weighted by Gasteiger charge is -2.11. The van der Waals surface area contributed by atoms with Gasteiger partial charge in [0.05, 0.1) is 10.7 Å². The second-order valence-corrected chi connectivity index (χ2v) is 5.53. The van der Waals surface area contributed by atoms with E-state index in [9.17, 15) is 9.18 Å². The maximum Gasteiger partial charge on any atom is 0.323 e. The summed E-state index contributed by atoms with van der Waals surface area (Å²) in [4.78, 5) is 11.8. The van der Waals surface area contributed by atoms with Crippen LogP contribution in [0.5, 0.6) is 0 Å². The zero-order valence-corrected chi connectivity index (χ0v) is 13.0. The Morgan fingerprint density at radius 3 is 2.55 bits per heavy atom. The number of rotatable bonds is 2. The summed E-state index contributed by atoms with van der Waals surface area (Å²) in [6.07, 6.45) is 0. The predicted molar refractivity (Wildman–Crippen MR) is 83.2 cm³/mol. The van der Waals surface area contributed by atoms with Gasteiger partial charge in [-0.2, -0.15) is 0 Å². The topological polar surface area (TPSA) is 41.1 Å². The fraction of sp³-hybridized carbons (Fsp3) is 0. The number of urea groups is 1. The van der Waals surface area contributed by atoms with Crippen LogP contribution in [0.2, 0.25) is 10.0 Å². The van der Waals surface area contributed by atoms with Crippen molar-refractivity contribution in [2.45, 2.75) is 0 Å². The van der Waals surface area contributed by atoms with E-state index in [1.54, 1.807) is 24.3 Å². The summed E-state index contributed by atoms with van der Waals surface area (Å²) in [6, 6.07) is 8.50. The molecule has 104 valence electrons. The van der Waals surface area contributed by atoms with Crippen molar-refractivity contribution in [2.75, 3.05) is 10.6 Å². The second kappa shape index (κ2) is 6.43. The molecule has 0 heterocycles. The number of hydrogen-bond donors (Lipinski definition) is 2. The molecule has 2 rings (SSSR count). The zero-order chi connectivity index (χ0) is 14.7. The first kappa shape index (κ1) is 15.1. The van der Waals surface area contributed by atoms with Crippen LogP contribution in [0.1, 0.15) is 0 Å². The van der Waals surface area contributed by atoms with Crippen LogP contribution in [0.4, 0.5) is 20.6 Å². The number of benzene rings is 2. The lowest BCUT2D eigenvalue weighted by atomic mass is 10.3. The minimum atomic E-state index is -0.513. The Bertz CT molecular complexity index is 644. The van der Waals surface area contributed by atoms with Crippen LogP contribution in [0.25, 0.3) is 0 Å². The van der Waals surface area contributed by atoms with E-state index in [-0.39, 0.29) is 10.7 Å². The Balaban J connectivity index is 2.13. The summed E-state index contributed by atoms with van der Waals surface area (Å²) in [5.74, 6) is -0.498. The van der Waals surface area contributed by atoms with Gasteiger partial charge in [-0.15, -0.1) is 0 Å². The summed E-state index contributed by atoms with van der Waals surface area (Å²) in [7, 11) is 0. The van der Waals surface area contributed by atoms with Crippen molar-refractivity contribution in [3.63, 3.8) is 0 Å². The van der Waals surface area contributed by atoms with Crippen molar-refractivity contribution in [1.29, 1.82) is 0 Å². The van der Waals surface area contributed by atoms with Gasteiger partial charge in [-0.1, -0.05) is 29.3 Å². The lowest BCUT2D eigenvalue weighted by molar-refractivity contribution is 0.262. The van der Waals surface area contributed by atoms with Crippen LogP contribution < -0.4 is 10.6 Å². The molecule has 0 aliphatic heterocycles. The first-order valence-corrected chi connectivity index (χ1v) is 6.99. The van der Waals surface area contributed by atoms with Crippen molar-refractivity contribution < 1.29 is 9.18 Å². The molecule has 2 amide bonds. The predicted octanol–water partition coefficient (Wildman–Crippen LogP) is 5.54. The van der Waals surface area contributed by atoms with Crippen LogP contribution in [0, 0.1) is 5.82 Å². The van der Waals surface area contributed by atoms with Gasteiger partial charge in [0.2, 0.25) is 0 Å². The van der Waals surface area contributed by atoms with Crippen molar-refractivity contribution in [1.82, 2.24) is 0 Å². The molecule has 0 unspecified atom stereocenters. The monoisotopic (exact) mass is 376 g/mol. The average Bonchev–Trinajstić information content (AvgIpc) is 2.33. The highest BCUT2D eigenvalue weighted by Crippen LogP contribution is 2.31. The molecule has 0 bridgehead atoms. The number of amides is 2. The van der Waals surface area contributed by atoms with Gasteiger partial charge in [0.15, 0.2) is 0 Å². The fourth-order valence-electron chi connectivity index (χ4n) is 1.50. The van der Waals surface area contributed by atoms with Crippen molar-refractivity contribution in [3.8, 4) is 0 Å². The first-order chi connectivity index (χ1) is 9.45. The normalized spacial score (nSPS) is 10.2. The molecule has 0 aliphatic rings. The van der Waals surface area contributed by atoms with E-state index in [2.05, 4.69) is 26.6 Å². The minimum Gasteiger partial charge on any atom is -0.308 e. The fourth-order valence-corrected chi connectivity index (χ4v) is 2.59. The van der Waals surface area contributed by atoms with Crippen LogP contribution in [0.15, 0.2) is 40.9 Å². The minimum absolute atomic E-state index is 0.0955.